The van der Waals surface area contributed by atoms with Crippen LogP contribution >= 0.6 is 0 Å². The Kier molecular flexibility index (Phi) is 17.9. The molecule has 5 nitrogen and oxygen atoms in total. The van der Waals surface area contributed by atoms with Crippen LogP contribution in [-0.4, -0.2) is 66.4 Å². The molecule has 0 saturated heterocycles. The van der Waals surface area contributed by atoms with Crippen LogP contribution in [0.2, 0.25) is 0 Å². The average molecular weight is 305 g/mol. The average Bonchev–Trinajstić information content (AvgIpc) is 1.36. The maximum atomic E-state index is 8.52. The predicted molar refractivity (Wildman–Crippen MR) is 16.9 cm³/mol. The molecule has 0 fully saturated rings. The molecule has 0 N–H and O–H groups in total. The summed E-state index contributed by atoms with van der Waals surface area (Å²) in [5.41, 5.74) is 0. The Hall–Kier alpha value is 1.76. The number of hydrogen-bond donors (Lipinski definition) is 0. The van der Waals surface area contributed by atoms with Crippen LogP contribution in [0.3, 0.4) is 0 Å². The first-order valence-corrected chi connectivity index (χ1v) is 2.60. The Balaban J connectivity index is -0.0000000750. The van der Waals surface area contributed by atoms with Crippen molar-refractivity contribution in [3.05, 3.63) is 0 Å². The molecule has 0 atom stereocenters. The van der Waals surface area contributed by atoms with Crippen LogP contribution < -0.4 is 0 Å². The summed E-state index contributed by atoms with van der Waals surface area (Å²) >= 11 is 2.00. The molecule has 0 radical (unpaired) electrons. The molecule has 0 aromatic carbocycles. The van der Waals surface area contributed by atoms with Gasteiger partial charge >= 0.3 is 68.7 Å². The van der Waals surface area contributed by atoms with Gasteiger partial charge in [0, 0.05) is 10.4 Å². The SMILES string of the molecule is O=S(=O)([O-])[O-].[Ba+2].[O]=[Fe]. The molecular weight excluding hydrogens is 305 g/mol. The summed E-state index contributed by atoms with van der Waals surface area (Å²) in [6.07, 6.45) is 0. The van der Waals surface area contributed by atoms with Gasteiger partial charge in [0.1, 0.15) is 0 Å². The Morgan fingerprint density at radius 2 is 1.12 bits per heavy atom. The van der Waals surface area contributed by atoms with Crippen molar-refractivity contribution < 1.29 is 37.3 Å². The van der Waals surface area contributed by atoms with E-state index in [0.717, 1.165) is 0 Å². The van der Waals surface area contributed by atoms with Crippen molar-refractivity contribution in [2.24, 2.45) is 0 Å². The van der Waals surface area contributed by atoms with Gasteiger partial charge in [-0.2, -0.15) is 0 Å². The summed E-state index contributed by atoms with van der Waals surface area (Å²) in [6.45, 7) is 0. The third-order valence-electron chi connectivity index (χ3n) is 0. The molecule has 0 aliphatic carbocycles. The van der Waals surface area contributed by atoms with Gasteiger partial charge in [-0.3, -0.25) is 8.42 Å². The van der Waals surface area contributed by atoms with E-state index in [0.29, 0.717) is 0 Å². The van der Waals surface area contributed by atoms with E-state index in [1.165, 1.54) is 0 Å². The van der Waals surface area contributed by atoms with Crippen LogP contribution in [-0.2, 0) is 30.2 Å². The first kappa shape index (κ1) is 16.4. The molecule has 0 aromatic heterocycles. The molecule has 8 heavy (non-hydrogen) atoms. The molecule has 0 heterocycles. The fourth-order valence-corrected chi connectivity index (χ4v) is 0. The molecular formula is BaFeO5S. The molecule has 0 saturated carbocycles. The van der Waals surface area contributed by atoms with Gasteiger partial charge in [0.05, 0.1) is 0 Å². The number of rotatable bonds is 0. The van der Waals surface area contributed by atoms with Gasteiger partial charge in [-0.1, -0.05) is 0 Å². The molecule has 0 aromatic rings. The normalized spacial score (nSPS) is 7.88. The van der Waals surface area contributed by atoms with E-state index < -0.39 is 10.4 Å². The first-order valence-electron chi connectivity index (χ1n) is 0.811. The van der Waals surface area contributed by atoms with E-state index in [9.17, 15) is 0 Å². The topological polar surface area (TPSA) is 97.3 Å². The fourth-order valence-electron chi connectivity index (χ4n) is 0. The van der Waals surface area contributed by atoms with Crippen molar-refractivity contribution in [1.82, 2.24) is 0 Å². The van der Waals surface area contributed by atoms with Crippen LogP contribution in [0.15, 0.2) is 0 Å². The minimum absolute atomic E-state index is 0. The van der Waals surface area contributed by atoms with Crippen LogP contribution in [0.4, 0.5) is 0 Å². The Morgan fingerprint density at radius 3 is 1.12 bits per heavy atom. The zero-order chi connectivity index (χ0) is 6.50. The van der Waals surface area contributed by atoms with Gasteiger partial charge in [0.25, 0.3) is 0 Å². The van der Waals surface area contributed by atoms with E-state index >= 15 is 0 Å². The van der Waals surface area contributed by atoms with E-state index in [1.54, 1.807) is 0 Å². The second-order valence-corrected chi connectivity index (χ2v) is 1.22. The van der Waals surface area contributed by atoms with Gasteiger partial charge in [0.15, 0.2) is 0 Å². The van der Waals surface area contributed by atoms with Gasteiger partial charge in [-0.05, 0) is 0 Å². The molecule has 0 aliphatic rings. The Bertz CT molecular complexity index is 106. The Morgan fingerprint density at radius 1 is 1.12 bits per heavy atom. The van der Waals surface area contributed by atoms with E-state index in [4.69, 9.17) is 21.4 Å². The third kappa shape index (κ3) is 114. The van der Waals surface area contributed by atoms with Crippen LogP contribution in [0.1, 0.15) is 0 Å². The second kappa shape index (κ2) is 8.76. The molecule has 0 spiro atoms. The number of hydrogen-bond acceptors (Lipinski definition) is 5. The van der Waals surface area contributed by atoms with Crippen LogP contribution in [0, 0.1) is 0 Å². The third-order valence-corrected chi connectivity index (χ3v) is 0. The van der Waals surface area contributed by atoms with Gasteiger partial charge in [-0.25, -0.2) is 0 Å². The van der Waals surface area contributed by atoms with Crippen LogP contribution in [0.5, 0.6) is 0 Å². The molecule has 46 valence electrons. The monoisotopic (exact) mass is 306 g/mol. The second-order valence-electron chi connectivity index (χ2n) is 0.408. The summed E-state index contributed by atoms with van der Waals surface area (Å²) in [6, 6.07) is 0. The standard InChI is InChI=1S/Ba.Fe.H2O4S.O/c;;1-5(2,3)4;/h;;(H2,1,2,3,4);/q+2;;;/p-2. The van der Waals surface area contributed by atoms with Crippen molar-refractivity contribution in [3.63, 3.8) is 0 Å². The molecule has 0 unspecified atom stereocenters. The summed E-state index contributed by atoms with van der Waals surface area (Å²) in [5.74, 6) is 0. The molecule has 8 heteroatoms. The zero-order valence-corrected chi connectivity index (χ0v) is 9.87. The fraction of sp³-hybridized carbons (Fsp3) is 0. The predicted octanol–water partition coefficient (Wildman–Crippen LogP) is -1.84. The van der Waals surface area contributed by atoms with Crippen molar-refractivity contribution in [3.8, 4) is 0 Å². The van der Waals surface area contributed by atoms with E-state index in [-0.39, 0.29) is 48.9 Å². The summed E-state index contributed by atoms with van der Waals surface area (Å²) in [7, 11) is -5.17. The summed E-state index contributed by atoms with van der Waals surface area (Å²) < 4.78 is 42.1. The van der Waals surface area contributed by atoms with Crippen LogP contribution in [0.25, 0.3) is 0 Å². The quantitative estimate of drug-likeness (QED) is 0.298. The van der Waals surface area contributed by atoms with Gasteiger partial charge in [-0.15, -0.1) is 0 Å². The van der Waals surface area contributed by atoms with Gasteiger partial charge in [0.2, 0.25) is 0 Å². The van der Waals surface area contributed by atoms with Crippen molar-refractivity contribution in [1.29, 1.82) is 0 Å². The van der Waals surface area contributed by atoms with E-state index in [2.05, 4.69) is 0 Å². The maximum absolute atomic E-state index is 8.52. The van der Waals surface area contributed by atoms with E-state index in [1.807, 2.05) is 15.9 Å². The van der Waals surface area contributed by atoms with Gasteiger partial charge < -0.3 is 9.11 Å². The molecule has 0 aliphatic heterocycles. The molecule has 0 amide bonds. The van der Waals surface area contributed by atoms with Crippen molar-refractivity contribution >= 4 is 59.3 Å². The molecule has 0 rings (SSSR count). The zero-order valence-electron chi connectivity index (χ0n) is 3.51. The summed E-state index contributed by atoms with van der Waals surface area (Å²) in [4.78, 5) is 0. The van der Waals surface area contributed by atoms with Crippen molar-refractivity contribution in [2.45, 2.75) is 0 Å². The minimum atomic E-state index is -5.17. The Labute approximate surface area is 94.9 Å². The summed E-state index contributed by atoms with van der Waals surface area (Å²) in [5, 5.41) is 0. The van der Waals surface area contributed by atoms with Crippen molar-refractivity contribution in [2.75, 3.05) is 0 Å². The molecule has 0 bridgehead atoms. The first-order chi connectivity index (χ1) is 3.00.